The molecule has 3 heteroatoms. The lowest BCUT2D eigenvalue weighted by molar-refractivity contribution is -0.0192. The summed E-state index contributed by atoms with van der Waals surface area (Å²) in [7, 11) is -1.46. The maximum Gasteiger partial charge on any atom is 0.184 e. The highest BCUT2D eigenvalue weighted by molar-refractivity contribution is 6.69. The minimum absolute atomic E-state index is 0.118. The van der Waals surface area contributed by atoms with Crippen LogP contribution in [0.1, 0.15) is 32.6 Å². The molecule has 2 aliphatic carbocycles. The molecule has 16 heavy (non-hydrogen) atoms. The van der Waals surface area contributed by atoms with Crippen LogP contribution in [0.5, 0.6) is 0 Å². The molecule has 2 saturated carbocycles. The van der Waals surface area contributed by atoms with Crippen molar-refractivity contribution in [3.05, 3.63) is 0 Å². The van der Waals surface area contributed by atoms with E-state index in [1.54, 1.807) is 0 Å². The lowest BCUT2D eigenvalue weighted by Gasteiger charge is -2.41. The summed E-state index contributed by atoms with van der Waals surface area (Å²) in [6.07, 6.45) is 6.34. The van der Waals surface area contributed by atoms with Gasteiger partial charge in [0.05, 0.1) is 11.7 Å². The van der Waals surface area contributed by atoms with Crippen LogP contribution in [0, 0.1) is 11.8 Å². The number of ether oxygens (including phenoxy) is 1. The second kappa shape index (κ2) is 3.33. The molecule has 92 valence electrons. The number of hydrogen-bond donors (Lipinski definition) is 0. The lowest BCUT2D eigenvalue weighted by atomic mass is 9.81. The molecular formula is C13H24O2Si. The van der Waals surface area contributed by atoms with Gasteiger partial charge in [-0.15, -0.1) is 0 Å². The van der Waals surface area contributed by atoms with Gasteiger partial charge in [-0.25, -0.2) is 0 Å². The molecule has 1 heterocycles. The fraction of sp³-hybridized carbons (Fsp3) is 1.00. The molecule has 2 nitrogen and oxygen atoms in total. The summed E-state index contributed by atoms with van der Waals surface area (Å²) in [5.74, 6) is 1.72. The number of rotatable bonds is 3. The summed E-state index contributed by atoms with van der Waals surface area (Å²) < 4.78 is 12.4. The summed E-state index contributed by atoms with van der Waals surface area (Å²) in [5.41, 5.74) is 0.118. The molecule has 3 fully saturated rings. The van der Waals surface area contributed by atoms with E-state index in [0.29, 0.717) is 12.2 Å². The molecule has 3 rings (SSSR count). The van der Waals surface area contributed by atoms with Crippen LogP contribution in [-0.4, -0.2) is 26.1 Å². The second-order valence-corrected chi connectivity index (χ2v) is 11.4. The van der Waals surface area contributed by atoms with Gasteiger partial charge in [0, 0.05) is 0 Å². The van der Waals surface area contributed by atoms with E-state index in [0.717, 1.165) is 11.8 Å². The van der Waals surface area contributed by atoms with Crippen LogP contribution in [-0.2, 0) is 9.16 Å². The maximum atomic E-state index is 6.63. The van der Waals surface area contributed by atoms with Crippen molar-refractivity contribution in [3.63, 3.8) is 0 Å². The third-order valence-corrected chi connectivity index (χ3v) is 5.52. The first-order chi connectivity index (χ1) is 7.41. The Labute approximate surface area is 99.8 Å². The number of fused-ring (bicyclic) bond motifs is 2. The van der Waals surface area contributed by atoms with Gasteiger partial charge < -0.3 is 9.16 Å². The molecule has 1 saturated heterocycles. The van der Waals surface area contributed by atoms with Crippen molar-refractivity contribution >= 4 is 8.32 Å². The van der Waals surface area contributed by atoms with E-state index in [4.69, 9.17) is 9.16 Å². The third-order valence-electron chi connectivity index (χ3n) is 4.53. The number of epoxide rings is 1. The van der Waals surface area contributed by atoms with Gasteiger partial charge in [0.25, 0.3) is 0 Å². The fourth-order valence-electron chi connectivity index (χ4n) is 4.12. The lowest BCUT2D eigenvalue weighted by Crippen LogP contribution is -2.51. The molecule has 5 atom stereocenters. The topological polar surface area (TPSA) is 21.8 Å². The summed E-state index contributed by atoms with van der Waals surface area (Å²) in [5, 5.41) is 0. The van der Waals surface area contributed by atoms with E-state index in [9.17, 15) is 0 Å². The molecule has 0 radical (unpaired) electrons. The average molecular weight is 240 g/mol. The molecule has 3 aliphatic rings. The largest absolute Gasteiger partial charge is 0.409 e. The van der Waals surface area contributed by atoms with Crippen molar-refractivity contribution in [1.82, 2.24) is 0 Å². The van der Waals surface area contributed by atoms with Crippen molar-refractivity contribution in [1.29, 1.82) is 0 Å². The van der Waals surface area contributed by atoms with Crippen molar-refractivity contribution in [2.75, 3.05) is 0 Å². The monoisotopic (exact) mass is 240 g/mol. The molecule has 0 aromatic carbocycles. The fourth-order valence-corrected chi connectivity index (χ4v) is 5.63. The van der Waals surface area contributed by atoms with Gasteiger partial charge in [-0.05, 0) is 64.1 Å². The number of hydrogen-bond acceptors (Lipinski definition) is 2. The normalized spacial score (nSPS) is 51.0. The Bertz CT molecular complexity index is 299. The highest BCUT2D eigenvalue weighted by atomic mass is 28.4. The zero-order valence-corrected chi connectivity index (χ0v) is 12.0. The van der Waals surface area contributed by atoms with Gasteiger partial charge in [-0.1, -0.05) is 0 Å². The first-order valence-corrected chi connectivity index (χ1v) is 10.2. The highest BCUT2D eigenvalue weighted by Crippen LogP contribution is 2.58. The minimum Gasteiger partial charge on any atom is -0.409 e. The van der Waals surface area contributed by atoms with E-state index in [1.807, 2.05) is 0 Å². The van der Waals surface area contributed by atoms with Gasteiger partial charge in [0.15, 0.2) is 8.32 Å². The average Bonchev–Trinajstić information content (AvgIpc) is 2.59. The smallest absolute Gasteiger partial charge is 0.184 e. The zero-order valence-electron chi connectivity index (χ0n) is 11.0. The molecule has 0 N–H and O–H groups in total. The van der Waals surface area contributed by atoms with Gasteiger partial charge in [-0.3, -0.25) is 0 Å². The van der Waals surface area contributed by atoms with Crippen LogP contribution in [0.15, 0.2) is 0 Å². The van der Waals surface area contributed by atoms with Crippen LogP contribution in [0.25, 0.3) is 0 Å². The molecule has 2 bridgehead atoms. The summed E-state index contributed by atoms with van der Waals surface area (Å²) in [6.45, 7) is 9.14. The highest BCUT2D eigenvalue weighted by Gasteiger charge is 2.63. The van der Waals surface area contributed by atoms with Crippen molar-refractivity contribution in [2.24, 2.45) is 11.8 Å². The van der Waals surface area contributed by atoms with Crippen molar-refractivity contribution < 1.29 is 9.16 Å². The van der Waals surface area contributed by atoms with Crippen molar-refractivity contribution in [3.8, 4) is 0 Å². The maximum absolute atomic E-state index is 6.63. The van der Waals surface area contributed by atoms with Gasteiger partial charge in [0.2, 0.25) is 0 Å². The Morgan fingerprint density at radius 2 is 1.94 bits per heavy atom. The van der Waals surface area contributed by atoms with Gasteiger partial charge in [0.1, 0.15) is 6.10 Å². The molecule has 0 aromatic rings. The molecule has 0 aromatic heterocycles. The second-order valence-electron chi connectivity index (χ2n) is 7.01. The van der Waals surface area contributed by atoms with Crippen LogP contribution < -0.4 is 0 Å². The Kier molecular flexibility index (Phi) is 2.34. The van der Waals surface area contributed by atoms with Crippen LogP contribution in [0.3, 0.4) is 0 Å². The standard InChI is InChI=1S/C13H24O2Si/c1-9-12(14-9)13(15-16(2,3)4)8-10-5-6-11(13)7-10/h9-12H,5-8H2,1-4H3/t9-,10?,11?,12+,13?/m1/s1. The zero-order chi connectivity index (χ0) is 11.6. The third kappa shape index (κ3) is 1.68. The van der Waals surface area contributed by atoms with Crippen LogP contribution in [0.4, 0.5) is 0 Å². The van der Waals surface area contributed by atoms with E-state index in [1.165, 1.54) is 25.7 Å². The Hall–Kier alpha value is 0.137. The van der Waals surface area contributed by atoms with Gasteiger partial charge in [-0.2, -0.15) is 0 Å². The van der Waals surface area contributed by atoms with Crippen molar-refractivity contribution in [2.45, 2.75) is 70.1 Å². The molecule has 0 spiro atoms. The molecular weight excluding hydrogens is 216 g/mol. The first-order valence-electron chi connectivity index (χ1n) is 6.76. The Morgan fingerprint density at radius 1 is 1.25 bits per heavy atom. The van der Waals surface area contributed by atoms with E-state index in [2.05, 4.69) is 26.6 Å². The van der Waals surface area contributed by atoms with Crippen LogP contribution in [0.2, 0.25) is 19.6 Å². The quantitative estimate of drug-likeness (QED) is 0.558. The predicted octanol–water partition coefficient (Wildman–Crippen LogP) is 3.18. The van der Waals surface area contributed by atoms with Gasteiger partial charge >= 0.3 is 0 Å². The predicted molar refractivity (Wildman–Crippen MR) is 66.9 cm³/mol. The Balaban J connectivity index is 1.84. The molecule has 0 amide bonds. The van der Waals surface area contributed by atoms with E-state index >= 15 is 0 Å². The SMILES string of the molecule is C[C@H]1O[C@@H]1C1(O[Si](C)(C)C)CC2CCC1C2. The van der Waals surface area contributed by atoms with E-state index in [-0.39, 0.29) is 5.60 Å². The molecule has 1 aliphatic heterocycles. The Morgan fingerprint density at radius 3 is 2.31 bits per heavy atom. The summed E-state index contributed by atoms with van der Waals surface area (Å²) >= 11 is 0. The van der Waals surface area contributed by atoms with E-state index < -0.39 is 8.32 Å². The summed E-state index contributed by atoms with van der Waals surface area (Å²) in [6, 6.07) is 0. The molecule has 3 unspecified atom stereocenters. The van der Waals surface area contributed by atoms with Crippen LogP contribution >= 0.6 is 0 Å². The first kappa shape index (κ1) is 11.2. The minimum atomic E-state index is -1.46. The summed E-state index contributed by atoms with van der Waals surface area (Å²) in [4.78, 5) is 0.